The quantitative estimate of drug-likeness (QED) is 0.544. The molecule has 0 saturated carbocycles. The molecular formula is C22H24FN3O4S. The summed E-state index contributed by atoms with van der Waals surface area (Å²) in [5.74, 6) is -0.259. The SMILES string of the molecule is CN(CCCC1CC(c2cccc(F)c2)NN1)S(=O)(=O)c1ccc2oc(=O)ccc2c1. The summed E-state index contributed by atoms with van der Waals surface area (Å²) in [4.78, 5) is 11.5. The summed E-state index contributed by atoms with van der Waals surface area (Å²) in [7, 11) is -2.10. The molecule has 2 N–H and O–H groups in total. The molecule has 0 radical (unpaired) electrons. The Bertz CT molecular complexity index is 1240. The number of benzene rings is 2. The molecule has 0 amide bonds. The van der Waals surface area contributed by atoms with Gasteiger partial charge in [0.2, 0.25) is 10.0 Å². The molecule has 4 rings (SSSR count). The highest BCUT2D eigenvalue weighted by atomic mass is 32.2. The first-order valence-corrected chi connectivity index (χ1v) is 11.5. The van der Waals surface area contributed by atoms with Crippen LogP contribution in [0.4, 0.5) is 4.39 Å². The highest BCUT2D eigenvalue weighted by Crippen LogP contribution is 2.25. The second-order valence-corrected chi connectivity index (χ2v) is 9.80. The van der Waals surface area contributed by atoms with Crippen LogP contribution in [0.15, 0.2) is 68.7 Å². The highest BCUT2D eigenvalue weighted by molar-refractivity contribution is 7.89. The van der Waals surface area contributed by atoms with Gasteiger partial charge in [-0.1, -0.05) is 12.1 Å². The number of sulfonamides is 1. The second kappa shape index (κ2) is 8.88. The number of hydrogen-bond acceptors (Lipinski definition) is 6. The van der Waals surface area contributed by atoms with Crippen LogP contribution in [0, 0.1) is 5.82 Å². The van der Waals surface area contributed by atoms with Crippen LogP contribution in [-0.2, 0) is 10.0 Å². The molecule has 1 fully saturated rings. The average Bonchev–Trinajstić information content (AvgIpc) is 3.22. The molecule has 164 valence electrons. The summed E-state index contributed by atoms with van der Waals surface area (Å²) in [6.07, 6.45) is 2.25. The summed E-state index contributed by atoms with van der Waals surface area (Å²) >= 11 is 0. The second-order valence-electron chi connectivity index (χ2n) is 7.75. The third-order valence-electron chi connectivity index (χ3n) is 5.56. The van der Waals surface area contributed by atoms with E-state index in [1.807, 2.05) is 6.07 Å². The standard InChI is InChI=1S/C22H24FN3O4S/c1-26(31(28,29)19-8-9-21-16(13-19)7-10-22(27)30-21)11-3-6-18-14-20(25-24-18)15-4-2-5-17(23)12-15/h2,4-5,7-10,12-13,18,20,24-25H,3,6,11,14H2,1H3. The Morgan fingerprint density at radius 2 is 1.97 bits per heavy atom. The normalized spacial score (nSPS) is 19.3. The Balaban J connectivity index is 1.33. The van der Waals surface area contributed by atoms with Gasteiger partial charge in [-0.05, 0) is 61.2 Å². The van der Waals surface area contributed by atoms with E-state index >= 15 is 0 Å². The molecule has 1 saturated heterocycles. The third-order valence-corrected chi connectivity index (χ3v) is 7.41. The van der Waals surface area contributed by atoms with E-state index in [9.17, 15) is 17.6 Å². The van der Waals surface area contributed by atoms with Crippen molar-refractivity contribution in [2.45, 2.75) is 36.2 Å². The summed E-state index contributed by atoms with van der Waals surface area (Å²) < 4.78 is 45.6. The topological polar surface area (TPSA) is 91.7 Å². The van der Waals surface area contributed by atoms with Gasteiger partial charge in [0.15, 0.2) is 0 Å². The smallest absolute Gasteiger partial charge is 0.336 e. The number of fused-ring (bicyclic) bond motifs is 1. The highest BCUT2D eigenvalue weighted by Gasteiger charge is 2.26. The maximum Gasteiger partial charge on any atom is 0.336 e. The van der Waals surface area contributed by atoms with Crippen molar-refractivity contribution in [3.8, 4) is 0 Å². The molecule has 1 aliphatic rings. The van der Waals surface area contributed by atoms with Crippen LogP contribution in [-0.4, -0.2) is 32.4 Å². The lowest BCUT2D eigenvalue weighted by Gasteiger charge is -2.18. The van der Waals surface area contributed by atoms with E-state index in [1.165, 1.54) is 40.7 Å². The minimum absolute atomic E-state index is 0.0276. The van der Waals surface area contributed by atoms with E-state index in [4.69, 9.17) is 4.42 Å². The molecule has 2 heterocycles. The Labute approximate surface area is 179 Å². The first-order valence-electron chi connectivity index (χ1n) is 10.1. The number of rotatable bonds is 7. The predicted molar refractivity (Wildman–Crippen MR) is 115 cm³/mol. The summed E-state index contributed by atoms with van der Waals surface area (Å²) in [5.41, 5.74) is 7.17. The lowest BCUT2D eigenvalue weighted by Crippen LogP contribution is -2.32. The van der Waals surface area contributed by atoms with Crippen molar-refractivity contribution in [3.05, 3.63) is 76.4 Å². The van der Waals surface area contributed by atoms with Crippen LogP contribution in [0.25, 0.3) is 11.0 Å². The molecule has 2 aromatic carbocycles. The van der Waals surface area contributed by atoms with Crippen LogP contribution in [0.2, 0.25) is 0 Å². The van der Waals surface area contributed by atoms with Crippen molar-refractivity contribution in [1.29, 1.82) is 0 Å². The lowest BCUT2D eigenvalue weighted by atomic mass is 10.00. The minimum Gasteiger partial charge on any atom is -0.423 e. The molecule has 0 bridgehead atoms. The molecule has 0 aliphatic carbocycles. The average molecular weight is 446 g/mol. The zero-order valence-corrected chi connectivity index (χ0v) is 17.9. The molecule has 0 spiro atoms. The van der Waals surface area contributed by atoms with Crippen LogP contribution in [0.1, 0.15) is 30.9 Å². The van der Waals surface area contributed by atoms with E-state index in [-0.39, 0.29) is 22.8 Å². The zero-order chi connectivity index (χ0) is 22.0. The van der Waals surface area contributed by atoms with Crippen molar-refractivity contribution in [3.63, 3.8) is 0 Å². The van der Waals surface area contributed by atoms with Crippen LogP contribution < -0.4 is 16.5 Å². The number of hydrogen-bond donors (Lipinski definition) is 2. The van der Waals surface area contributed by atoms with Gasteiger partial charge in [-0.15, -0.1) is 0 Å². The van der Waals surface area contributed by atoms with Gasteiger partial charge in [-0.25, -0.2) is 21.9 Å². The maximum atomic E-state index is 13.4. The first kappa shape index (κ1) is 21.6. The predicted octanol–water partition coefficient (Wildman–Crippen LogP) is 2.94. The van der Waals surface area contributed by atoms with Crippen LogP contribution in [0.3, 0.4) is 0 Å². The molecule has 2 unspecified atom stereocenters. The van der Waals surface area contributed by atoms with Crippen molar-refractivity contribution in [2.24, 2.45) is 0 Å². The number of nitrogens with one attached hydrogen (secondary N) is 2. The Kier molecular flexibility index (Phi) is 6.19. The number of hydrazine groups is 1. The first-order chi connectivity index (χ1) is 14.8. The van der Waals surface area contributed by atoms with Gasteiger partial charge in [0.25, 0.3) is 0 Å². The zero-order valence-electron chi connectivity index (χ0n) is 17.0. The fourth-order valence-electron chi connectivity index (χ4n) is 3.82. The van der Waals surface area contributed by atoms with Gasteiger partial charge < -0.3 is 4.42 Å². The molecule has 1 aromatic heterocycles. The Hall–Kier alpha value is -2.59. The van der Waals surface area contributed by atoms with E-state index in [2.05, 4.69) is 10.9 Å². The molecule has 3 aromatic rings. The van der Waals surface area contributed by atoms with E-state index in [0.29, 0.717) is 23.9 Å². The minimum atomic E-state index is -3.66. The van der Waals surface area contributed by atoms with Gasteiger partial charge in [0.05, 0.1) is 4.90 Å². The van der Waals surface area contributed by atoms with E-state index in [0.717, 1.165) is 18.4 Å². The fraction of sp³-hybridized carbons (Fsp3) is 0.318. The molecule has 31 heavy (non-hydrogen) atoms. The monoisotopic (exact) mass is 445 g/mol. The van der Waals surface area contributed by atoms with Gasteiger partial charge >= 0.3 is 5.63 Å². The van der Waals surface area contributed by atoms with Crippen molar-refractivity contribution in [2.75, 3.05) is 13.6 Å². The largest absolute Gasteiger partial charge is 0.423 e. The Morgan fingerprint density at radius 1 is 1.13 bits per heavy atom. The molecule has 9 heteroatoms. The molecule has 2 atom stereocenters. The van der Waals surface area contributed by atoms with Crippen molar-refractivity contribution >= 4 is 21.0 Å². The van der Waals surface area contributed by atoms with Gasteiger partial charge in [-0.2, -0.15) is 0 Å². The third kappa shape index (κ3) is 4.85. The molecule has 7 nitrogen and oxygen atoms in total. The van der Waals surface area contributed by atoms with Gasteiger partial charge in [-0.3, -0.25) is 10.9 Å². The van der Waals surface area contributed by atoms with Crippen LogP contribution >= 0.6 is 0 Å². The van der Waals surface area contributed by atoms with Crippen molar-refractivity contribution < 1.29 is 17.2 Å². The fourth-order valence-corrected chi connectivity index (χ4v) is 5.07. The van der Waals surface area contributed by atoms with Crippen LogP contribution in [0.5, 0.6) is 0 Å². The van der Waals surface area contributed by atoms with Gasteiger partial charge in [0, 0.05) is 37.1 Å². The summed E-state index contributed by atoms with van der Waals surface area (Å²) in [6.45, 7) is 0.368. The number of halogens is 1. The van der Waals surface area contributed by atoms with E-state index < -0.39 is 15.6 Å². The van der Waals surface area contributed by atoms with Crippen molar-refractivity contribution in [1.82, 2.24) is 15.2 Å². The summed E-state index contributed by atoms with van der Waals surface area (Å²) in [6, 6.07) is 14.0. The molecular weight excluding hydrogens is 421 g/mol. The Morgan fingerprint density at radius 3 is 2.77 bits per heavy atom. The lowest BCUT2D eigenvalue weighted by molar-refractivity contribution is 0.428. The molecule has 1 aliphatic heterocycles. The summed E-state index contributed by atoms with van der Waals surface area (Å²) in [5, 5.41) is 0.554. The van der Waals surface area contributed by atoms with E-state index in [1.54, 1.807) is 19.2 Å². The van der Waals surface area contributed by atoms with Gasteiger partial charge in [0.1, 0.15) is 11.4 Å². The maximum absolute atomic E-state index is 13.4. The number of nitrogens with zero attached hydrogens (tertiary/aromatic N) is 1.